The first-order chi connectivity index (χ1) is 12.2. The Kier molecular flexibility index (Phi) is 5.89. The molecule has 0 unspecified atom stereocenters. The van der Waals surface area contributed by atoms with Gasteiger partial charge >= 0.3 is 0 Å². The van der Waals surface area contributed by atoms with E-state index >= 15 is 0 Å². The van der Waals surface area contributed by atoms with Gasteiger partial charge in [-0.05, 0) is 31.7 Å². The van der Waals surface area contributed by atoms with Gasteiger partial charge in [0.25, 0.3) is 5.91 Å². The number of nitrogens with one attached hydrogen (secondary N) is 1. The molecule has 2 aliphatic rings. The van der Waals surface area contributed by atoms with Crippen LogP contribution in [0.5, 0.6) is 5.88 Å². The van der Waals surface area contributed by atoms with E-state index in [9.17, 15) is 9.59 Å². The molecule has 1 saturated carbocycles. The minimum atomic E-state index is -0.0896. The van der Waals surface area contributed by atoms with Crippen LogP contribution >= 0.6 is 0 Å². The molecule has 1 aliphatic carbocycles. The lowest BCUT2D eigenvalue weighted by molar-refractivity contribution is -0.126. The number of rotatable bonds is 2. The maximum atomic E-state index is 13.1. The Hall–Kier alpha value is -2.11. The van der Waals surface area contributed by atoms with Gasteiger partial charge in [0, 0.05) is 31.4 Å². The van der Waals surface area contributed by atoms with Crippen molar-refractivity contribution < 1.29 is 14.3 Å². The second-order valence-corrected chi connectivity index (χ2v) is 6.90. The smallest absolute Gasteiger partial charge is 0.255 e. The highest BCUT2D eigenvalue weighted by atomic mass is 16.5. The molecule has 6 heteroatoms. The number of aromatic nitrogens is 1. The Balaban J connectivity index is 1.83. The fraction of sp³-hybridized carbons (Fsp3) is 0.632. The van der Waals surface area contributed by atoms with Crippen molar-refractivity contribution in [2.45, 2.75) is 51.0 Å². The van der Waals surface area contributed by atoms with Crippen LogP contribution in [0.3, 0.4) is 0 Å². The summed E-state index contributed by atoms with van der Waals surface area (Å²) in [6, 6.07) is 3.45. The van der Waals surface area contributed by atoms with Gasteiger partial charge in [0.1, 0.15) is 0 Å². The number of nitrogens with zero attached hydrogens (tertiary/aromatic N) is 2. The van der Waals surface area contributed by atoms with Gasteiger partial charge in [-0.3, -0.25) is 9.59 Å². The van der Waals surface area contributed by atoms with Crippen molar-refractivity contribution in [1.82, 2.24) is 15.2 Å². The zero-order valence-corrected chi connectivity index (χ0v) is 14.9. The van der Waals surface area contributed by atoms with Gasteiger partial charge in [0.05, 0.1) is 18.6 Å². The molecule has 1 aromatic heterocycles. The molecule has 2 heterocycles. The van der Waals surface area contributed by atoms with Crippen LogP contribution in [0.1, 0.15) is 55.3 Å². The van der Waals surface area contributed by atoms with Gasteiger partial charge in [0.15, 0.2) is 0 Å². The van der Waals surface area contributed by atoms with Gasteiger partial charge in [0.2, 0.25) is 11.8 Å². The second kappa shape index (κ2) is 8.32. The summed E-state index contributed by atoms with van der Waals surface area (Å²) in [5.74, 6) is 0.481. The number of hydrogen-bond donors (Lipinski definition) is 1. The van der Waals surface area contributed by atoms with Gasteiger partial charge in [-0.25, -0.2) is 4.98 Å². The van der Waals surface area contributed by atoms with Gasteiger partial charge in [-0.15, -0.1) is 0 Å². The van der Waals surface area contributed by atoms with E-state index in [1.165, 1.54) is 0 Å². The number of fused-ring (bicyclic) bond motifs is 1. The average molecular weight is 345 g/mol. The zero-order valence-electron chi connectivity index (χ0n) is 14.9. The molecule has 1 N–H and O–H groups in total. The van der Waals surface area contributed by atoms with E-state index in [2.05, 4.69) is 10.3 Å². The van der Waals surface area contributed by atoms with Crippen molar-refractivity contribution in [2.24, 2.45) is 5.92 Å². The third kappa shape index (κ3) is 4.11. The number of pyridine rings is 1. The first-order valence-corrected chi connectivity index (χ1v) is 9.29. The number of amides is 2. The third-order valence-corrected chi connectivity index (χ3v) is 5.29. The molecule has 0 bridgehead atoms. The van der Waals surface area contributed by atoms with Crippen molar-refractivity contribution in [3.8, 4) is 5.88 Å². The van der Waals surface area contributed by atoms with E-state index in [0.717, 1.165) is 51.5 Å². The van der Waals surface area contributed by atoms with Crippen LogP contribution < -0.4 is 10.1 Å². The molecule has 0 aromatic carbocycles. The van der Waals surface area contributed by atoms with Gasteiger partial charge < -0.3 is 15.0 Å². The lowest BCUT2D eigenvalue weighted by Crippen LogP contribution is -2.47. The maximum Gasteiger partial charge on any atom is 0.255 e. The zero-order chi connectivity index (χ0) is 17.6. The lowest BCUT2D eigenvalue weighted by atomic mass is 9.99. The van der Waals surface area contributed by atoms with E-state index in [4.69, 9.17) is 4.74 Å². The quantitative estimate of drug-likeness (QED) is 0.893. The molecule has 2 fully saturated rings. The van der Waals surface area contributed by atoms with Crippen molar-refractivity contribution in [1.29, 1.82) is 0 Å². The molecule has 1 aromatic rings. The fourth-order valence-corrected chi connectivity index (χ4v) is 3.93. The average Bonchev–Trinajstić information content (AvgIpc) is 3.11. The number of carbonyl (C=O) groups is 2. The first-order valence-electron chi connectivity index (χ1n) is 9.29. The van der Waals surface area contributed by atoms with Crippen LogP contribution in [0.15, 0.2) is 18.3 Å². The van der Waals surface area contributed by atoms with Crippen LogP contribution in [-0.2, 0) is 4.79 Å². The number of hydrogen-bond acceptors (Lipinski definition) is 4. The second-order valence-electron chi connectivity index (χ2n) is 6.90. The first kappa shape index (κ1) is 17.7. The van der Waals surface area contributed by atoms with Crippen LogP contribution in [0.2, 0.25) is 0 Å². The number of carbonyl (C=O) groups excluding carboxylic acids is 2. The molecule has 2 amide bonds. The third-order valence-electron chi connectivity index (χ3n) is 5.29. The Morgan fingerprint density at radius 1 is 1.20 bits per heavy atom. The minimum Gasteiger partial charge on any atom is -0.481 e. The van der Waals surface area contributed by atoms with Crippen LogP contribution in [-0.4, -0.2) is 47.9 Å². The molecule has 25 heavy (non-hydrogen) atoms. The van der Waals surface area contributed by atoms with Gasteiger partial charge in [-0.1, -0.05) is 19.3 Å². The summed E-state index contributed by atoms with van der Waals surface area (Å²) in [7, 11) is 1.55. The summed E-state index contributed by atoms with van der Waals surface area (Å²) in [6.07, 6.45) is 8.48. The predicted molar refractivity (Wildman–Crippen MR) is 94.4 cm³/mol. The molecule has 3 rings (SSSR count). The molecule has 6 nitrogen and oxygen atoms in total. The summed E-state index contributed by atoms with van der Waals surface area (Å²) < 4.78 is 5.07. The summed E-state index contributed by atoms with van der Waals surface area (Å²) >= 11 is 0. The molecule has 0 spiro atoms. The Morgan fingerprint density at radius 3 is 2.80 bits per heavy atom. The van der Waals surface area contributed by atoms with Crippen LogP contribution in [0.25, 0.3) is 0 Å². The largest absolute Gasteiger partial charge is 0.481 e. The Bertz CT molecular complexity index is 602. The standard InChI is InChI=1S/C19H27N3O3/c1-25-17-10-9-14(13-21-17)19(24)22-12-5-3-2-4-11-20-18(23)15-7-6-8-16(15)22/h9-10,13,15-16H,2-8,11-12H2,1H3,(H,20,23)/t15-,16+/m1/s1. The van der Waals surface area contributed by atoms with E-state index in [1.54, 1.807) is 25.4 Å². The fourth-order valence-electron chi connectivity index (χ4n) is 3.93. The summed E-state index contributed by atoms with van der Waals surface area (Å²) in [5.41, 5.74) is 0.557. The molecule has 1 saturated heterocycles. The highest BCUT2D eigenvalue weighted by molar-refractivity contribution is 5.94. The number of methoxy groups -OCH3 is 1. The van der Waals surface area contributed by atoms with Crippen molar-refractivity contribution >= 4 is 11.8 Å². The molecule has 1 aliphatic heterocycles. The molecular weight excluding hydrogens is 318 g/mol. The van der Waals surface area contributed by atoms with E-state index in [-0.39, 0.29) is 23.8 Å². The lowest BCUT2D eigenvalue weighted by Gasteiger charge is -2.32. The summed E-state index contributed by atoms with van der Waals surface area (Å²) in [6.45, 7) is 1.46. The highest BCUT2D eigenvalue weighted by Crippen LogP contribution is 2.32. The number of ether oxygens (including phenoxy) is 1. The maximum absolute atomic E-state index is 13.1. The van der Waals surface area contributed by atoms with Crippen molar-refractivity contribution in [3.05, 3.63) is 23.9 Å². The summed E-state index contributed by atoms with van der Waals surface area (Å²) in [5, 5.41) is 3.06. The van der Waals surface area contributed by atoms with Crippen LogP contribution in [0, 0.1) is 5.92 Å². The molecular formula is C19H27N3O3. The highest BCUT2D eigenvalue weighted by Gasteiger charge is 2.39. The van der Waals surface area contributed by atoms with Gasteiger partial charge in [-0.2, -0.15) is 0 Å². The van der Waals surface area contributed by atoms with E-state index in [0.29, 0.717) is 18.0 Å². The molecule has 0 radical (unpaired) electrons. The van der Waals surface area contributed by atoms with Crippen molar-refractivity contribution in [3.63, 3.8) is 0 Å². The van der Waals surface area contributed by atoms with Crippen molar-refractivity contribution in [2.75, 3.05) is 20.2 Å². The van der Waals surface area contributed by atoms with E-state index in [1.807, 2.05) is 4.90 Å². The van der Waals surface area contributed by atoms with Crippen LogP contribution in [0.4, 0.5) is 0 Å². The Labute approximate surface area is 148 Å². The molecule has 2 atom stereocenters. The summed E-state index contributed by atoms with van der Waals surface area (Å²) in [4.78, 5) is 31.7. The monoisotopic (exact) mass is 345 g/mol. The molecule has 136 valence electrons. The predicted octanol–water partition coefficient (Wildman–Crippen LogP) is 2.39. The normalized spacial score (nSPS) is 24.8. The SMILES string of the molecule is COc1ccc(C(=O)N2CCCCCCNC(=O)[C@@H]3CCC[C@@H]32)cn1. The topological polar surface area (TPSA) is 71.5 Å². The minimum absolute atomic E-state index is 0.00676. The van der Waals surface area contributed by atoms with E-state index < -0.39 is 0 Å². The Morgan fingerprint density at radius 2 is 2.04 bits per heavy atom.